The highest BCUT2D eigenvalue weighted by atomic mass is 19.3. The maximum absolute atomic E-state index is 12.4. The van der Waals surface area contributed by atoms with Crippen LogP contribution in [0, 0.1) is 6.92 Å². The van der Waals surface area contributed by atoms with E-state index in [0.29, 0.717) is 12.1 Å². The Kier molecular flexibility index (Phi) is 6.54. The number of ether oxygens (including phenoxy) is 1. The predicted molar refractivity (Wildman–Crippen MR) is 91.3 cm³/mol. The molecule has 2 aromatic rings. The third-order valence-corrected chi connectivity index (χ3v) is 3.41. The van der Waals surface area contributed by atoms with Gasteiger partial charge >= 0.3 is 6.61 Å². The Morgan fingerprint density at radius 2 is 1.96 bits per heavy atom. The van der Waals surface area contributed by atoms with Gasteiger partial charge in [-0.2, -0.15) is 8.78 Å². The van der Waals surface area contributed by atoms with E-state index in [4.69, 9.17) is 5.73 Å². The van der Waals surface area contributed by atoms with Crippen molar-refractivity contribution < 1.29 is 13.5 Å². The van der Waals surface area contributed by atoms with Crippen LogP contribution in [0.15, 0.2) is 53.5 Å². The molecule has 2 rings (SSSR count). The Labute approximate surface area is 140 Å². The van der Waals surface area contributed by atoms with Crippen LogP contribution < -0.4 is 15.8 Å². The number of aryl methyl sites for hydroxylation is 1. The molecule has 0 unspecified atom stereocenters. The minimum atomic E-state index is -2.86. The number of guanidine groups is 1. The third-order valence-electron chi connectivity index (χ3n) is 3.41. The molecule has 0 aliphatic carbocycles. The van der Waals surface area contributed by atoms with Crippen molar-refractivity contribution in [2.24, 2.45) is 10.7 Å². The molecule has 2 aromatic carbocycles. The summed E-state index contributed by atoms with van der Waals surface area (Å²) in [5.74, 6) is 0.395. The van der Waals surface area contributed by atoms with Crippen LogP contribution in [0.2, 0.25) is 0 Å². The SMILES string of the molecule is Cc1ccc(OC(F)F)c(CN=C(N)NCCc2ccccc2)c1. The van der Waals surface area contributed by atoms with Gasteiger partial charge in [0.25, 0.3) is 0 Å². The van der Waals surface area contributed by atoms with Crippen molar-refractivity contribution in [3.8, 4) is 5.75 Å². The highest BCUT2D eigenvalue weighted by Crippen LogP contribution is 2.22. The van der Waals surface area contributed by atoms with Crippen LogP contribution in [0.5, 0.6) is 5.75 Å². The normalized spacial score (nSPS) is 11.6. The molecule has 0 spiro atoms. The van der Waals surface area contributed by atoms with E-state index in [9.17, 15) is 8.78 Å². The third kappa shape index (κ3) is 5.87. The summed E-state index contributed by atoms with van der Waals surface area (Å²) in [7, 11) is 0. The fourth-order valence-corrected chi connectivity index (χ4v) is 2.25. The van der Waals surface area contributed by atoms with Crippen molar-refractivity contribution in [1.82, 2.24) is 5.32 Å². The quantitative estimate of drug-likeness (QED) is 0.604. The van der Waals surface area contributed by atoms with Gasteiger partial charge in [-0.05, 0) is 25.0 Å². The highest BCUT2D eigenvalue weighted by Gasteiger charge is 2.09. The Bertz CT molecular complexity index is 675. The van der Waals surface area contributed by atoms with Crippen molar-refractivity contribution in [2.45, 2.75) is 26.5 Å². The first-order chi connectivity index (χ1) is 11.5. The van der Waals surface area contributed by atoms with Crippen molar-refractivity contribution in [3.05, 3.63) is 65.2 Å². The lowest BCUT2D eigenvalue weighted by Gasteiger charge is -2.11. The lowest BCUT2D eigenvalue weighted by molar-refractivity contribution is -0.0504. The monoisotopic (exact) mass is 333 g/mol. The van der Waals surface area contributed by atoms with Gasteiger partial charge in [-0.15, -0.1) is 0 Å². The van der Waals surface area contributed by atoms with Gasteiger partial charge in [0.2, 0.25) is 0 Å². The second-order valence-corrected chi connectivity index (χ2v) is 5.35. The number of rotatable bonds is 7. The second-order valence-electron chi connectivity index (χ2n) is 5.35. The average Bonchev–Trinajstić information content (AvgIpc) is 2.55. The van der Waals surface area contributed by atoms with E-state index >= 15 is 0 Å². The fraction of sp³-hybridized carbons (Fsp3) is 0.278. The minimum Gasteiger partial charge on any atom is -0.434 e. The molecule has 0 aliphatic rings. The molecule has 0 atom stereocenters. The zero-order valence-electron chi connectivity index (χ0n) is 13.5. The molecule has 0 bridgehead atoms. The molecule has 0 fully saturated rings. The van der Waals surface area contributed by atoms with Crippen molar-refractivity contribution in [1.29, 1.82) is 0 Å². The van der Waals surface area contributed by atoms with Crippen LogP contribution in [-0.4, -0.2) is 19.1 Å². The van der Waals surface area contributed by atoms with Crippen LogP contribution in [-0.2, 0) is 13.0 Å². The van der Waals surface area contributed by atoms with Gasteiger partial charge in [0, 0.05) is 12.1 Å². The lowest BCUT2D eigenvalue weighted by Crippen LogP contribution is -2.33. The number of nitrogens with two attached hydrogens (primary N) is 1. The highest BCUT2D eigenvalue weighted by molar-refractivity contribution is 5.77. The predicted octanol–water partition coefficient (Wildman–Crippen LogP) is 3.24. The molecule has 3 N–H and O–H groups in total. The Hall–Kier alpha value is -2.63. The molecule has 24 heavy (non-hydrogen) atoms. The van der Waals surface area contributed by atoms with E-state index in [0.717, 1.165) is 12.0 Å². The molecule has 0 heterocycles. The van der Waals surface area contributed by atoms with Crippen LogP contribution in [0.25, 0.3) is 0 Å². The van der Waals surface area contributed by atoms with Crippen molar-refractivity contribution >= 4 is 5.96 Å². The molecule has 0 saturated carbocycles. The molecule has 0 amide bonds. The Morgan fingerprint density at radius 3 is 2.67 bits per heavy atom. The topological polar surface area (TPSA) is 59.6 Å². The zero-order chi connectivity index (χ0) is 17.4. The van der Waals surface area contributed by atoms with Gasteiger partial charge in [0.1, 0.15) is 5.75 Å². The van der Waals surface area contributed by atoms with Crippen LogP contribution in [0.1, 0.15) is 16.7 Å². The molecule has 0 radical (unpaired) electrons. The molecule has 0 aliphatic heterocycles. The maximum Gasteiger partial charge on any atom is 0.387 e. The van der Waals surface area contributed by atoms with E-state index in [-0.39, 0.29) is 18.3 Å². The molecule has 4 nitrogen and oxygen atoms in total. The van der Waals surface area contributed by atoms with Crippen molar-refractivity contribution in [2.75, 3.05) is 6.54 Å². The van der Waals surface area contributed by atoms with Gasteiger partial charge in [-0.3, -0.25) is 0 Å². The van der Waals surface area contributed by atoms with Crippen molar-refractivity contribution in [3.63, 3.8) is 0 Å². The summed E-state index contributed by atoms with van der Waals surface area (Å²) in [4.78, 5) is 4.19. The van der Waals surface area contributed by atoms with Crippen LogP contribution in [0.4, 0.5) is 8.78 Å². The van der Waals surface area contributed by atoms with Gasteiger partial charge < -0.3 is 15.8 Å². The largest absolute Gasteiger partial charge is 0.434 e. The summed E-state index contributed by atoms with van der Waals surface area (Å²) < 4.78 is 29.4. The second kappa shape index (κ2) is 8.86. The smallest absolute Gasteiger partial charge is 0.387 e. The fourth-order valence-electron chi connectivity index (χ4n) is 2.25. The van der Waals surface area contributed by atoms with Gasteiger partial charge in [-0.25, -0.2) is 4.99 Å². The first-order valence-electron chi connectivity index (χ1n) is 7.66. The maximum atomic E-state index is 12.4. The van der Waals surface area contributed by atoms with E-state index in [1.54, 1.807) is 12.1 Å². The number of alkyl halides is 2. The first kappa shape index (κ1) is 17.7. The van der Waals surface area contributed by atoms with Gasteiger partial charge in [-0.1, -0.05) is 48.0 Å². The number of halogens is 2. The van der Waals surface area contributed by atoms with Crippen LogP contribution in [0.3, 0.4) is 0 Å². The van der Waals surface area contributed by atoms with Gasteiger partial charge in [0.15, 0.2) is 5.96 Å². The van der Waals surface area contributed by atoms with Gasteiger partial charge in [0.05, 0.1) is 6.54 Å². The van der Waals surface area contributed by atoms with E-state index in [2.05, 4.69) is 15.0 Å². The molecule has 128 valence electrons. The molecule has 0 aromatic heterocycles. The summed E-state index contributed by atoms with van der Waals surface area (Å²) in [5.41, 5.74) is 8.54. The molecular weight excluding hydrogens is 312 g/mol. The number of benzene rings is 2. The number of hydrogen-bond donors (Lipinski definition) is 2. The Balaban J connectivity index is 1.90. The van der Waals surface area contributed by atoms with E-state index < -0.39 is 6.61 Å². The molecule has 6 heteroatoms. The number of nitrogens with zero attached hydrogens (tertiary/aromatic N) is 1. The van der Waals surface area contributed by atoms with E-state index in [1.165, 1.54) is 11.6 Å². The standard InChI is InChI=1S/C18H21F2N3O/c1-13-7-8-16(24-17(19)20)15(11-13)12-23-18(21)22-10-9-14-5-3-2-4-6-14/h2-8,11,17H,9-10,12H2,1H3,(H3,21,22,23). The summed E-state index contributed by atoms with van der Waals surface area (Å²) >= 11 is 0. The lowest BCUT2D eigenvalue weighted by atomic mass is 10.1. The Morgan fingerprint density at radius 1 is 1.21 bits per heavy atom. The average molecular weight is 333 g/mol. The minimum absolute atomic E-state index is 0.122. The zero-order valence-corrected chi connectivity index (χ0v) is 13.5. The number of aliphatic imine (C=N–C) groups is 1. The first-order valence-corrected chi connectivity index (χ1v) is 7.66. The van der Waals surface area contributed by atoms with E-state index in [1.807, 2.05) is 37.3 Å². The van der Waals surface area contributed by atoms with Crippen LogP contribution >= 0.6 is 0 Å². The molecule has 0 saturated heterocycles. The summed E-state index contributed by atoms with van der Waals surface area (Å²) in [6.07, 6.45) is 0.821. The summed E-state index contributed by atoms with van der Waals surface area (Å²) in [5, 5.41) is 3.02. The number of hydrogen-bond acceptors (Lipinski definition) is 2. The number of nitrogens with one attached hydrogen (secondary N) is 1. The summed E-state index contributed by atoms with van der Waals surface area (Å²) in [6.45, 7) is -0.167. The molecular formula is C18H21F2N3O. The summed E-state index contributed by atoms with van der Waals surface area (Å²) in [6, 6.07) is 15.0.